The first kappa shape index (κ1) is 10.4. The fourth-order valence-electron chi connectivity index (χ4n) is 1.47. The number of aromatic hydroxyl groups is 1. The molecule has 0 bridgehead atoms. The molecule has 1 aromatic heterocycles. The molecule has 0 atom stereocenters. The predicted octanol–water partition coefficient (Wildman–Crippen LogP) is 3.27. The molecule has 16 heavy (non-hydrogen) atoms. The third-order valence-electron chi connectivity index (χ3n) is 2.23. The van der Waals surface area contributed by atoms with Crippen LogP contribution >= 0.6 is 0 Å². The van der Waals surface area contributed by atoms with Gasteiger partial charge in [-0.05, 0) is 42.8 Å². The smallest absolute Gasteiger partial charge is 0.116 e. The van der Waals surface area contributed by atoms with Crippen molar-refractivity contribution in [3.63, 3.8) is 0 Å². The second-order valence-electron chi connectivity index (χ2n) is 3.63. The zero-order valence-corrected chi connectivity index (χ0v) is 9.09. The van der Waals surface area contributed by atoms with Crippen LogP contribution in [0.1, 0.15) is 17.0 Å². The molecule has 0 fully saturated rings. The van der Waals surface area contributed by atoms with E-state index >= 15 is 0 Å². The minimum absolute atomic E-state index is 0.277. The number of nitrogens with zero attached hydrogens (tertiary/aromatic N) is 1. The van der Waals surface area contributed by atoms with Crippen LogP contribution in [0.5, 0.6) is 5.75 Å². The van der Waals surface area contributed by atoms with Crippen LogP contribution in [-0.2, 0) is 0 Å². The lowest BCUT2D eigenvalue weighted by molar-refractivity contribution is 0.475. The van der Waals surface area contributed by atoms with Gasteiger partial charge in [-0.15, -0.1) is 0 Å². The van der Waals surface area contributed by atoms with E-state index in [1.165, 1.54) is 0 Å². The second-order valence-corrected chi connectivity index (χ2v) is 3.63. The van der Waals surface area contributed by atoms with Crippen molar-refractivity contribution < 1.29 is 5.11 Å². The molecule has 0 aliphatic carbocycles. The molecule has 0 amide bonds. The van der Waals surface area contributed by atoms with E-state index < -0.39 is 0 Å². The van der Waals surface area contributed by atoms with Crippen LogP contribution in [-0.4, -0.2) is 10.1 Å². The normalized spacial score (nSPS) is 10.8. The topological polar surface area (TPSA) is 33.1 Å². The third-order valence-corrected chi connectivity index (χ3v) is 2.23. The molecular weight excluding hydrogens is 198 g/mol. The fourth-order valence-corrected chi connectivity index (χ4v) is 1.47. The average Bonchev–Trinajstić information content (AvgIpc) is 2.27. The molecule has 0 unspecified atom stereocenters. The molecule has 2 nitrogen and oxygen atoms in total. The highest BCUT2D eigenvalue weighted by molar-refractivity contribution is 5.68. The van der Waals surface area contributed by atoms with Crippen molar-refractivity contribution in [3.05, 3.63) is 59.4 Å². The summed E-state index contributed by atoms with van der Waals surface area (Å²) < 4.78 is 0. The summed E-state index contributed by atoms with van der Waals surface area (Å²) in [5, 5.41) is 9.30. The summed E-state index contributed by atoms with van der Waals surface area (Å²) in [7, 11) is 0. The van der Waals surface area contributed by atoms with Gasteiger partial charge in [-0.25, -0.2) is 0 Å². The number of hydrogen-bond acceptors (Lipinski definition) is 2. The molecule has 0 saturated carbocycles. The maximum Gasteiger partial charge on any atom is 0.116 e. The summed E-state index contributed by atoms with van der Waals surface area (Å²) >= 11 is 0. The zero-order valence-electron chi connectivity index (χ0n) is 9.09. The Balaban J connectivity index is 2.21. The maximum atomic E-state index is 9.30. The third kappa shape index (κ3) is 2.70. The molecule has 1 N–H and O–H groups in total. The van der Waals surface area contributed by atoms with E-state index in [0.717, 1.165) is 17.0 Å². The van der Waals surface area contributed by atoms with E-state index in [1.54, 1.807) is 12.1 Å². The van der Waals surface area contributed by atoms with Crippen LogP contribution in [0.4, 0.5) is 0 Å². The van der Waals surface area contributed by atoms with Crippen molar-refractivity contribution in [2.24, 2.45) is 0 Å². The van der Waals surface area contributed by atoms with Gasteiger partial charge in [0.15, 0.2) is 0 Å². The fraction of sp³-hybridized carbons (Fsp3) is 0.0714. The summed E-state index contributed by atoms with van der Waals surface area (Å²) in [5.41, 5.74) is 2.88. The van der Waals surface area contributed by atoms with Crippen LogP contribution in [0.25, 0.3) is 12.2 Å². The lowest BCUT2D eigenvalue weighted by Gasteiger charge is -1.96. The minimum atomic E-state index is 0.277. The van der Waals surface area contributed by atoms with E-state index in [1.807, 2.05) is 49.4 Å². The van der Waals surface area contributed by atoms with Gasteiger partial charge in [-0.2, -0.15) is 0 Å². The molecule has 0 spiro atoms. The maximum absolute atomic E-state index is 9.30. The van der Waals surface area contributed by atoms with Gasteiger partial charge in [-0.1, -0.05) is 24.3 Å². The molecule has 2 rings (SSSR count). The Morgan fingerprint density at radius 2 is 1.88 bits per heavy atom. The Morgan fingerprint density at radius 1 is 1.06 bits per heavy atom. The first-order chi connectivity index (χ1) is 7.74. The Bertz CT molecular complexity index is 470. The Morgan fingerprint density at radius 3 is 2.62 bits per heavy atom. The van der Waals surface area contributed by atoms with Gasteiger partial charge in [0.1, 0.15) is 5.75 Å². The summed E-state index contributed by atoms with van der Waals surface area (Å²) in [5.74, 6) is 0.277. The summed E-state index contributed by atoms with van der Waals surface area (Å²) in [6, 6.07) is 13.0. The molecule has 2 heteroatoms. The summed E-state index contributed by atoms with van der Waals surface area (Å²) in [6.45, 7) is 1.96. The standard InChI is InChI=1S/C14H13NO/c1-11-4-2-6-13(15-11)9-8-12-5-3-7-14(16)10-12/h2-10,16H,1H3/b9-8+. The zero-order chi connectivity index (χ0) is 11.4. The molecule has 0 aliphatic heterocycles. The SMILES string of the molecule is Cc1cccc(/C=C/c2cccc(O)c2)n1. The number of aromatic nitrogens is 1. The number of hydrogen-bond donors (Lipinski definition) is 1. The van der Waals surface area contributed by atoms with Crippen molar-refractivity contribution in [1.29, 1.82) is 0 Å². The van der Waals surface area contributed by atoms with Crippen molar-refractivity contribution in [3.8, 4) is 5.75 Å². The first-order valence-electron chi connectivity index (χ1n) is 5.15. The number of phenolic OH excluding ortho intramolecular Hbond substituents is 1. The van der Waals surface area contributed by atoms with Crippen LogP contribution in [0, 0.1) is 6.92 Å². The first-order valence-corrected chi connectivity index (χ1v) is 5.15. The van der Waals surface area contributed by atoms with E-state index in [-0.39, 0.29) is 5.75 Å². The highest BCUT2D eigenvalue weighted by Crippen LogP contribution is 2.13. The molecule has 1 aromatic carbocycles. The number of phenols is 1. The molecule has 1 heterocycles. The Hall–Kier alpha value is -2.09. The van der Waals surface area contributed by atoms with Gasteiger partial charge < -0.3 is 5.11 Å². The lowest BCUT2D eigenvalue weighted by atomic mass is 10.2. The van der Waals surface area contributed by atoms with E-state index in [9.17, 15) is 5.11 Å². The molecular formula is C14H13NO. The average molecular weight is 211 g/mol. The van der Waals surface area contributed by atoms with Gasteiger partial charge in [0.2, 0.25) is 0 Å². The monoisotopic (exact) mass is 211 g/mol. The number of rotatable bonds is 2. The molecule has 0 aliphatic rings. The van der Waals surface area contributed by atoms with Crippen molar-refractivity contribution in [1.82, 2.24) is 4.98 Å². The van der Waals surface area contributed by atoms with E-state index in [2.05, 4.69) is 4.98 Å². The van der Waals surface area contributed by atoms with Crippen molar-refractivity contribution >= 4 is 12.2 Å². The highest BCUT2D eigenvalue weighted by atomic mass is 16.3. The largest absolute Gasteiger partial charge is 0.508 e. The molecule has 2 aromatic rings. The summed E-state index contributed by atoms with van der Waals surface area (Å²) in [4.78, 5) is 4.36. The summed E-state index contributed by atoms with van der Waals surface area (Å²) in [6.07, 6.45) is 3.86. The number of benzene rings is 1. The van der Waals surface area contributed by atoms with Crippen LogP contribution < -0.4 is 0 Å². The van der Waals surface area contributed by atoms with Crippen molar-refractivity contribution in [2.45, 2.75) is 6.92 Å². The van der Waals surface area contributed by atoms with E-state index in [4.69, 9.17) is 0 Å². The second kappa shape index (κ2) is 4.62. The van der Waals surface area contributed by atoms with E-state index in [0.29, 0.717) is 0 Å². The predicted molar refractivity (Wildman–Crippen MR) is 66.0 cm³/mol. The van der Waals surface area contributed by atoms with Gasteiger partial charge in [0.25, 0.3) is 0 Å². The van der Waals surface area contributed by atoms with Crippen LogP contribution in [0.2, 0.25) is 0 Å². The number of pyridine rings is 1. The van der Waals surface area contributed by atoms with Gasteiger partial charge >= 0.3 is 0 Å². The minimum Gasteiger partial charge on any atom is -0.508 e. The molecule has 80 valence electrons. The highest BCUT2D eigenvalue weighted by Gasteiger charge is 1.91. The van der Waals surface area contributed by atoms with Gasteiger partial charge in [-0.3, -0.25) is 4.98 Å². The Labute approximate surface area is 94.9 Å². The number of aryl methyl sites for hydroxylation is 1. The van der Waals surface area contributed by atoms with Crippen molar-refractivity contribution in [2.75, 3.05) is 0 Å². The van der Waals surface area contributed by atoms with Crippen LogP contribution in [0.15, 0.2) is 42.5 Å². The molecule has 0 radical (unpaired) electrons. The van der Waals surface area contributed by atoms with Gasteiger partial charge in [0.05, 0.1) is 5.69 Å². The van der Waals surface area contributed by atoms with Gasteiger partial charge in [0, 0.05) is 5.69 Å². The Kier molecular flexibility index (Phi) is 3.01. The van der Waals surface area contributed by atoms with Crippen LogP contribution in [0.3, 0.4) is 0 Å². The molecule has 0 saturated heterocycles. The lowest BCUT2D eigenvalue weighted by Crippen LogP contribution is -1.83. The quantitative estimate of drug-likeness (QED) is 0.827.